The fourth-order valence-corrected chi connectivity index (χ4v) is 3.74. The zero-order valence-electron chi connectivity index (χ0n) is 15.0. The molecule has 3 unspecified atom stereocenters. The highest BCUT2D eigenvalue weighted by Gasteiger charge is 2.62. The molecular weight excluding hydrogens is 330 g/mol. The summed E-state index contributed by atoms with van der Waals surface area (Å²) in [5.41, 5.74) is 2.14. The zero-order valence-corrected chi connectivity index (χ0v) is 15.0. The molecule has 0 bridgehead atoms. The van der Waals surface area contributed by atoms with E-state index in [0.29, 0.717) is 13.2 Å². The zero-order chi connectivity index (χ0) is 18.1. The lowest BCUT2D eigenvalue weighted by atomic mass is 10.1. The number of nitrogens with one attached hydrogen (secondary N) is 1. The third kappa shape index (κ3) is 3.03. The minimum atomic E-state index is -0.195. The van der Waals surface area contributed by atoms with Gasteiger partial charge in [0.25, 0.3) is 0 Å². The highest BCUT2D eigenvalue weighted by atomic mass is 16.5. The summed E-state index contributed by atoms with van der Waals surface area (Å²) in [6.07, 6.45) is -0.0316. The minimum absolute atomic E-state index is 0.0189. The second kappa shape index (κ2) is 7.00. The van der Waals surface area contributed by atoms with Crippen LogP contribution in [-0.2, 0) is 9.53 Å². The second-order valence-electron chi connectivity index (χ2n) is 6.69. The highest BCUT2D eigenvalue weighted by molar-refractivity contribution is 5.86. The van der Waals surface area contributed by atoms with Crippen LogP contribution in [0.5, 0.6) is 11.5 Å². The van der Waals surface area contributed by atoms with E-state index >= 15 is 0 Å². The van der Waals surface area contributed by atoms with Gasteiger partial charge in [-0.1, -0.05) is 30.3 Å². The lowest BCUT2D eigenvalue weighted by molar-refractivity contribution is -0.124. The van der Waals surface area contributed by atoms with Crippen LogP contribution in [0.15, 0.2) is 48.5 Å². The van der Waals surface area contributed by atoms with Gasteiger partial charge in [0.2, 0.25) is 5.91 Å². The van der Waals surface area contributed by atoms with E-state index in [1.165, 1.54) is 0 Å². The number of methoxy groups -OCH3 is 1. The van der Waals surface area contributed by atoms with E-state index in [4.69, 9.17) is 14.2 Å². The van der Waals surface area contributed by atoms with Crippen LogP contribution in [0, 0.1) is 5.92 Å². The normalized spacial score (nSPS) is 23.4. The predicted octanol–water partition coefficient (Wildman–Crippen LogP) is 3.06. The maximum Gasteiger partial charge on any atom is 0.228 e. The van der Waals surface area contributed by atoms with Crippen LogP contribution in [0.3, 0.4) is 0 Å². The molecule has 136 valence electrons. The van der Waals surface area contributed by atoms with E-state index in [1.54, 1.807) is 7.11 Å². The molecule has 5 nitrogen and oxygen atoms in total. The first-order valence-electron chi connectivity index (χ1n) is 9.00. The average molecular weight is 353 g/mol. The average Bonchev–Trinajstić information content (AvgIpc) is 3.24. The van der Waals surface area contributed by atoms with Gasteiger partial charge in [-0.15, -0.1) is 0 Å². The van der Waals surface area contributed by atoms with Crippen LogP contribution in [0.2, 0.25) is 0 Å². The van der Waals surface area contributed by atoms with Gasteiger partial charge in [-0.05, 0) is 30.7 Å². The van der Waals surface area contributed by atoms with Gasteiger partial charge in [-0.2, -0.15) is 0 Å². The van der Waals surface area contributed by atoms with Crippen molar-refractivity contribution in [3.8, 4) is 11.5 Å². The molecule has 0 radical (unpaired) electrons. The van der Waals surface area contributed by atoms with Crippen molar-refractivity contribution in [2.24, 2.45) is 5.92 Å². The molecule has 0 spiro atoms. The van der Waals surface area contributed by atoms with Crippen molar-refractivity contribution < 1.29 is 19.0 Å². The maximum atomic E-state index is 12.8. The minimum Gasteiger partial charge on any atom is -0.494 e. The van der Waals surface area contributed by atoms with Gasteiger partial charge in [0.1, 0.15) is 17.6 Å². The second-order valence-corrected chi connectivity index (χ2v) is 6.69. The van der Waals surface area contributed by atoms with E-state index in [-0.39, 0.29) is 29.9 Å². The van der Waals surface area contributed by atoms with Crippen LogP contribution in [0.1, 0.15) is 30.0 Å². The third-order valence-corrected chi connectivity index (χ3v) is 5.04. The quantitative estimate of drug-likeness (QED) is 0.831. The summed E-state index contributed by atoms with van der Waals surface area (Å²) in [6.45, 7) is 3.00. The van der Waals surface area contributed by atoms with Crippen molar-refractivity contribution in [3.05, 3.63) is 59.7 Å². The Morgan fingerprint density at radius 3 is 2.69 bits per heavy atom. The first-order valence-corrected chi connectivity index (χ1v) is 9.00. The molecule has 0 aromatic heterocycles. The van der Waals surface area contributed by atoms with Gasteiger partial charge >= 0.3 is 0 Å². The number of hydrogen-bond donors (Lipinski definition) is 1. The van der Waals surface area contributed by atoms with Crippen LogP contribution >= 0.6 is 0 Å². The van der Waals surface area contributed by atoms with Crippen LogP contribution < -0.4 is 14.8 Å². The standard InChI is InChI=1S/C21H23NO4/c1-3-25-14-10-8-13(9-11-14)16(12-24-2)22-21(23)19-18-15-6-4-5-7-17(15)26-20(18)19/h4-11,16,18-20H,3,12H2,1-2H3,(H,22,23)/t16-,18?,19?,20?/m0/s1. The van der Waals surface area contributed by atoms with Crippen molar-refractivity contribution in [2.75, 3.05) is 20.3 Å². The molecular formula is C21H23NO4. The molecule has 0 saturated heterocycles. The number of benzene rings is 2. The topological polar surface area (TPSA) is 56.8 Å². The predicted molar refractivity (Wildman–Crippen MR) is 97.5 cm³/mol. The van der Waals surface area contributed by atoms with Crippen LogP contribution in [0.4, 0.5) is 0 Å². The summed E-state index contributed by atoms with van der Waals surface area (Å²) in [5.74, 6) is 1.80. The lowest BCUT2D eigenvalue weighted by Gasteiger charge is -2.19. The van der Waals surface area contributed by atoms with E-state index < -0.39 is 0 Å². The Hall–Kier alpha value is -2.53. The molecule has 1 amide bonds. The Labute approximate surface area is 153 Å². The third-order valence-electron chi connectivity index (χ3n) is 5.04. The summed E-state index contributed by atoms with van der Waals surface area (Å²) < 4.78 is 16.7. The monoisotopic (exact) mass is 353 g/mol. The number of fused-ring (bicyclic) bond motifs is 3. The van der Waals surface area contributed by atoms with Crippen LogP contribution in [-0.4, -0.2) is 32.3 Å². The molecule has 1 aliphatic heterocycles. The van der Waals surface area contributed by atoms with Crippen molar-refractivity contribution >= 4 is 5.91 Å². The molecule has 1 N–H and O–H groups in total. The van der Waals surface area contributed by atoms with Crippen molar-refractivity contribution in [3.63, 3.8) is 0 Å². The maximum absolute atomic E-state index is 12.8. The Balaban J connectivity index is 1.44. The molecule has 2 aliphatic rings. The van der Waals surface area contributed by atoms with E-state index in [2.05, 4.69) is 5.32 Å². The van der Waals surface area contributed by atoms with E-state index in [9.17, 15) is 4.79 Å². The molecule has 1 saturated carbocycles. The van der Waals surface area contributed by atoms with Crippen molar-refractivity contribution in [1.82, 2.24) is 5.32 Å². The summed E-state index contributed by atoms with van der Waals surface area (Å²) in [5, 5.41) is 3.12. The molecule has 1 fully saturated rings. The largest absolute Gasteiger partial charge is 0.494 e. The van der Waals surface area contributed by atoms with Gasteiger partial charge in [0.15, 0.2) is 0 Å². The van der Waals surface area contributed by atoms with Gasteiger partial charge in [0.05, 0.1) is 25.2 Å². The number of hydrogen-bond acceptors (Lipinski definition) is 4. The summed E-state index contributed by atoms with van der Waals surface area (Å²) in [7, 11) is 1.64. The summed E-state index contributed by atoms with van der Waals surface area (Å²) in [4.78, 5) is 12.8. The molecule has 4 atom stereocenters. The molecule has 26 heavy (non-hydrogen) atoms. The van der Waals surface area contributed by atoms with E-state index in [1.807, 2.05) is 55.5 Å². The number of amides is 1. The number of para-hydroxylation sites is 1. The number of rotatable bonds is 7. The Morgan fingerprint density at radius 2 is 1.96 bits per heavy atom. The summed E-state index contributed by atoms with van der Waals surface area (Å²) >= 11 is 0. The fraction of sp³-hybridized carbons (Fsp3) is 0.381. The first kappa shape index (κ1) is 16.9. The summed E-state index contributed by atoms with van der Waals surface area (Å²) in [6, 6.07) is 15.5. The first-order chi connectivity index (χ1) is 12.7. The molecule has 2 aromatic carbocycles. The van der Waals surface area contributed by atoms with Gasteiger partial charge in [-0.3, -0.25) is 4.79 Å². The SMILES string of the molecule is CCOc1ccc([C@H](COC)NC(=O)C2C3Oc4ccccc4C32)cc1. The Bertz CT molecular complexity index is 789. The smallest absolute Gasteiger partial charge is 0.228 e. The Kier molecular flexibility index (Phi) is 4.55. The number of ether oxygens (including phenoxy) is 3. The van der Waals surface area contributed by atoms with Crippen molar-refractivity contribution in [1.29, 1.82) is 0 Å². The molecule has 2 aromatic rings. The fourth-order valence-electron chi connectivity index (χ4n) is 3.74. The Morgan fingerprint density at radius 1 is 1.19 bits per heavy atom. The molecule has 1 aliphatic carbocycles. The number of carbonyl (C=O) groups is 1. The highest BCUT2D eigenvalue weighted by Crippen LogP contribution is 2.58. The van der Waals surface area contributed by atoms with Crippen LogP contribution in [0.25, 0.3) is 0 Å². The van der Waals surface area contributed by atoms with Crippen molar-refractivity contribution in [2.45, 2.75) is 25.0 Å². The molecule has 1 heterocycles. The van der Waals surface area contributed by atoms with Gasteiger partial charge in [-0.25, -0.2) is 0 Å². The number of carbonyl (C=O) groups excluding carboxylic acids is 1. The molecule has 5 heteroatoms. The van der Waals surface area contributed by atoms with Gasteiger partial charge < -0.3 is 19.5 Å². The van der Waals surface area contributed by atoms with E-state index in [0.717, 1.165) is 22.6 Å². The molecule has 4 rings (SSSR count). The lowest BCUT2D eigenvalue weighted by Crippen LogP contribution is -2.34. The van der Waals surface area contributed by atoms with Gasteiger partial charge in [0, 0.05) is 18.6 Å².